The highest BCUT2D eigenvalue weighted by Crippen LogP contribution is 2.22. The van der Waals surface area contributed by atoms with Gasteiger partial charge in [0.2, 0.25) is 5.91 Å². The first-order valence-electron chi connectivity index (χ1n) is 7.55. The van der Waals surface area contributed by atoms with Crippen LogP contribution in [0, 0.1) is 5.92 Å². The number of hydrogen-bond donors (Lipinski definition) is 1. The summed E-state index contributed by atoms with van der Waals surface area (Å²) >= 11 is 0. The van der Waals surface area contributed by atoms with E-state index >= 15 is 0 Å². The van der Waals surface area contributed by atoms with Gasteiger partial charge in [-0.15, -0.1) is 0 Å². The number of hydrogen-bond acceptors (Lipinski definition) is 2. The summed E-state index contributed by atoms with van der Waals surface area (Å²) in [6.45, 7) is 1.87. The third-order valence-electron chi connectivity index (χ3n) is 4.16. The molecule has 4 nitrogen and oxygen atoms in total. The SMILES string of the molecule is CC(CN(C)C(=O)Cc1ccc2c(c1)CCCC2)C(=O)O. The number of amides is 1. The maximum atomic E-state index is 12.2. The number of nitrogens with zero attached hydrogens (tertiary/aromatic N) is 1. The average Bonchev–Trinajstić information content (AvgIpc) is 2.46. The largest absolute Gasteiger partial charge is 0.481 e. The third-order valence-corrected chi connectivity index (χ3v) is 4.16. The Labute approximate surface area is 125 Å². The van der Waals surface area contributed by atoms with E-state index in [0.717, 1.165) is 18.4 Å². The van der Waals surface area contributed by atoms with Crippen molar-refractivity contribution in [1.29, 1.82) is 0 Å². The van der Waals surface area contributed by atoms with Crippen LogP contribution in [0.3, 0.4) is 0 Å². The Morgan fingerprint density at radius 2 is 1.90 bits per heavy atom. The lowest BCUT2D eigenvalue weighted by Gasteiger charge is -2.20. The van der Waals surface area contributed by atoms with Crippen molar-refractivity contribution in [2.45, 2.75) is 39.0 Å². The molecule has 0 heterocycles. The predicted octanol–water partition coefficient (Wildman–Crippen LogP) is 2.29. The molecule has 21 heavy (non-hydrogen) atoms. The van der Waals surface area contributed by atoms with E-state index in [9.17, 15) is 9.59 Å². The Bertz CT molecular complexity index is 539. The van der Waals surface area contributed by atoms with Crippen LogP contribution in [0.25, 0.3) is 0 Å². The molecule has 0 radical (unpaired) electrons. The molecule has 1 aromatic rings. The van der Waals surface area contributed by atoms with Crippen LogP contribution in [0.4, 0.5) is 0 Å². The fourth-order valence-electron chi connectivity index (χ4n) is 2.80. The molecule has 0 aliphatic heterocycles. The van der Waals surface area contributed by atoms with E-state index in [1.165, 1.54) is 28.9 Å². The minimum atomic E-state index is -0.872. The second-order valence-corrected chi connectivity index (χ2v) is 6.00. The summed E-state index contributed by atoms with van der Waals surface area (Å²) in [5, 5.41) is 8.90. The van der Waals surface area contributed by atoms with Crippen LogP contribution in [-0.2, 0) is 28.9 Å². The molecule has 1 aliphatic rings. The zero-order valence-corrected chi connectivity index (χ0v) is 12.8. The van der Waals surface area contributed by atoms with Gasteiger partial charge in [0, 0.05) is 13.6 Å². The minimum absolute atomic E-state index is 0.0288. The molecule has 114 valence electrons. The Hall–Kier alpha value is -1.84. The molecule has 0 spiro atoms. The van der Waals surface area contributed by atoms with E-state index in [4.69, 9.17) is 5.11 Å². The van der Waals surface area contributed by atoms with E-state index in [1.807, 2.05) is 6.07 Å². The van der Waals surface area contributed by atoms with Crippen molar-refractivity contribution < 1.29 is 14.7 Å². The molecule has 0 aromatic heterocycles. The van der Waals surface area contributed by atoms with Gasteiger partial charge >= 0.3 is 5.97 Å². The number of aliphatic carboxylic acids is 1. The fourth-order valence-corrected chi connectivity index (χ4v) is 2.80. The van der Waals surface area contributed by atoms with Crippen LogP contribution in [0.15, 0.2) is 18.2 Å². The van der Waals surface area contributed by atoms with Crippen molar-refractivity contribution in [3.05, 3.63) is 34.9 Å². The molecule has 0 saturated carbocycles. The van der Waals surface area contributed by atoms with Crippen LogP contribution in [0.2, 0.25) is 0 Å². The number of carboxylic acids is 1. The van der Waals surface area contributed by atoms with Crippen molar-refractivity contribution in [2.24, 2.45) is 5.92 Å². The first-order valence-corrected chi connectivity index (χ1v) is 7.55. The Morgan fingerprint density at radius 3 is 2.57 bits per heavy atom. The number of likely N-dealkylation sites (N-methyl/N-ethyl adjacent to an activating group) is 1. The van der Waals surface area contributed by atoms with Crippen LogP contribution < -0.4 is 0 Å². The number of aryl methyl sites for hydroxylation is 2. The van der Waals surface area contributed by atoms with Gasteiger partial charge in [-0.3, -0.25) is 9.59 Å². The molecule has 0 fully saturated rings. The lowest BCUT2D eigenvalue weighted by molar-refractivity contribution is -0.142. The van der Waals surface area contributed by atoms with Gasteiger partial charge in [0.1, 0.15) is 0 Å². The number of carboxylic acid groups (broad SMARTS) is 1. The highest BCUT2D eigenvalue weighted by Gasteiger charge is 2.18. The smallest absolute Gasteiger partial charge is 0.308 e. The van der Waals surface area contributed by atoms with Crippen LogP contribution in [0.5, 0.6) is 0 Å². The molecular formula is C17H23NO3. The Balaban J connectivity index is 1.97. The van der Waals surface area contributed by atoms with Crippen molar-refractivity contribution in [3.63, 3.8) is 0 Å². The van der Waals surface area contributed by atoms with Gasteiger partial charge in [-0.25, -0.2) is 0 Å². The lowest BCUT2D eigenvalue weighted by Crippen LogP contribution is -2.34. The van der Waals surface area contributed by atoms with Crippen molar-refractivity contribution in [1.82, 2.24) is 4.90 Å². The Kier molecular flexibility index (Phi) is 4.99. The molecular weight excluding hydrogens is 266 g/mol. The average molecular weight is 289 g/mol. The summed E-state index contributed by atoms with van der Waals surface area (Å²) in [6.07, 6.45) is 5.06. The molecule has 1 aliphatic carbocycles. The highest BCUT2D eigenvalue weighted by atomic mass is 16.4. The maximum Gasteiger partial charge on any atom is 0.308 e. The summed E-state index contributed by atoms with van der Waals surface area (Å²) < 4.78 is 0. The monoisotopic (exact) mass is 289 g/mol. The van der Waals surface area contributed by atoms with Gasteiger partial charge < -0.3 is 10.0 Å². The van der Waals surface area contributed by atoms with Crippen LogP contribution in [0.1, 0.15) is 36.5 Å². The summed E-state index contributed by atoms with van der Waals surface area (Å²) in [6, 6.07) is 6.30. The maximum absolute atomic E-state index is 12.2. The molecule has 1 atom stereocenters. The predicted molar refractivity (Wildman–Crippen MR) is 81.2 cm³/mol. The molecule has 1 unspecified atom stereocenters. The summed E-state index contributed by atoms with van der Waals surface area (Å²) in [7, 11) is 1.67. The molecule has 4 heteroatoms. The summed E-state index contributed by atoms with van der Waals surface area (Å²) in [5.41, 5.74) is 3.80. The summed E-state index contributed by atoms with van der Waals surface area (Å²) in [4.78, 5) is 24.5. The van der Waals surface area contributed by atoms with E-state index in [2.05, 4.69) is 12.1 Å². The molecule has 1 amide bonds. The van der Waals surface area contributed by atoms with E-state index in [0.29, 0.717) is 6.42 Å². The van der Waals surface area contributed by atoms with Gasteiger partial charge in [0.25, 0.3) is 0 Å². The second-order valence-electron chi connectivity index (χ2n) is 6.00. The van der Waals surface area contributed by atoms with E-state index < -0.39 is 11.9 Å². The number of carbonyl (C=O) groups excluding carboxylic acids is 1. The molecule has 1 aromatic carbocycles. The molecule has 0 saturated heterocycles. The van der Waals surface area contributed by atoms with Crippen molar-refractivity contribution >= 4 is 11.9 Å². The number of rotatable bonds is 5. The summed E-state index contributed by atoms with van der Waals surface area (Å²) in [5.74, 6) is -1.44. The zero-order valence-electron chi connectivity index (χ0n) is 12.8. The Morgan fingerprint density at radius 1 is 1.24 bits per heavy atom. The van der Waals surface area contributed by atoms with Gasteiger partial charge in [-0.05, 0) is 42.4 Å². The van der Waals surface area contributed by atoms with Crippen LogP contribution in [-0.4, -0.2) is 35.5 Å². The van der Waals surface area contributed by atoms with E-state index in [-0.39, 0.29) is 12.5 Å². The molecule has 0 bridgehead atoms. The third kappa shape index (κ3) is 4.06. The van der Waals surface area contributed by atoms with E-state index in [1.54, 1.807) is 14.0 Å². The molecule has 1 N–H and O–H groups in total. The fraction of sp³-hybridized carbons (Fsp3) is 0.529. The first kappa shape index (κ1) is 15.5. The quantitative estimate of drug-likeness (QED) is 0.904. The topological polar surface area (TPSA) is 57.6 Å². The van der Waals surface area contributed by atoms with Gasteiger partial charge in [-0.2, -0.15) is 0 Å². The van der Waals surface area contributed by atoms with Gasteiger partial charge in [0.05, 0.1) is 12.3 Å². The van der Waals surface area contributed by atoms with Crippen molar-refractivity contribution in [3.8, 4) is 0 Å². The highest BCUT2D eigenvalue weighted by molar-refractivity contribution is 5.79. The number of benzene rings is 1. The van der Waals surface area contributed by atoms with Gasteiger partial charge in [-0.1, -0.05) is 25.1 Å². The second kappa shape index (κ2) is 6.74. The lowest BCUT2D eigenvalue weighted by atomic mass is 9.90. The number of fused-ring (bicyclic) bond motifs is 1. The van der Waals surface area contributed by atoms with Gasteiger partial charge in [0.15, 0.2) is 0 Å². The standard InChI is InChI=1S/C17H23NO3/c1-12(17(20)21)11-18(2)16(19)10-13-7-8-14-5-3-4-6-15(14)9-13/h7-9,12H,3-6,10-11H2,1-2H3,(H,20,21). The normalized spacial score (nSPS) is 15.1. The van der Waals surface area contributed by atoms with Crippen LogP contribution >= 0.6 is 0 Å². The van der Waals surface area contributed by atoms with Crippen molar-refractivity contribution in [2.75, 3.05) is 13.6 Å². The zero-order chi connectivity index (χ0) is 15.4. The first-order chi connectivity index (χ1) is 9.97. The molecule has 2 rings (SSSR count). The number of carbonyl (C=O) groups is 2. The minimum Gasteiger partial charge on any atom is -0.481 e.